The van der Waals surface area contributed by atoms with Gasteiger partial charge >= 0.3 is 0 Å². The van der Waals surface area contributed by atoms with Gasteiger partial charge < -0.3 is 20.9 Å². The van der Waals surface area contributed by atoms with E-state index in [1.54, 1.807) is 18.2 Å². The number of nitrogens with zero attached hydrogens (tertiary/aromatic N) is 4. The molecule has 0 aliphatic heterocycles. The topological polar surface area (TPSA) is 229 Å². The summed E-state index contributed by atoms with van der Waals surface area (Å²) in [5.41, 5.74) is 12.0. The van der Waals surface area contributed by atoms with Crippen molar-refractivity contribution in [2.45, 2.75) is 16.7 Å². The Balaban J connectivity index is 2.15. The highest BCUT2D eigenvalue weighted by molar-refractivity contribution is 7.86. The summed E-state index contributed by atoms with van der Waals surface area (Å²) in [4.78, 5) is -1.19. The number of aryl methyl sites for hydroxylation is 1. The number of nitrogens with two attached hydrogens (primary N) is 2. The van der Waals surface area contributed by atoms with Crippen LogP contribution < -0.4 is 20.9 Å². The average molecular weight is 551 g/mol. The summed E-state index contributed by atoms with van der Waals surface area (Å²) in [7, 11) is -6.68. The van der Waals surface area contributed by atoms with Gasteiger partial charge in [-0.05, 0) is 42.8 Å². The molecule has 0 saturated heterocycles. The van der Waals surface area contributed by atoms with Crippen LogP contribution in [0.15, 0.2) is 72.7 Å². The zero-order chi connectivity index (χ0) is 27.5. The third-order valence-corrected chi connectivity index (χ3v) is 6.65. The second-order valence-corrected chi connectivity index (χ2v) is 10.2. The number of rotatable bonds is 8. The van der Waals surface area contributed by atoms with Crippen molar-refractivity contribution >= 4 is 54.4 Å². The van der Waals surface area contributed by atoms with Crippen LogP contribution in [-0.2, 0) is 20.2 Å². The highest BCUT2D eigenvalue weighted by atomic mass is 32.2. The fraction of sp³-hybridized carbons (Fsp3) is 0.143. The molecule has 0 aromatic heterocycles. The van der Waals surface area contributed by atoms with Gasteiger partial charge in [-0.25, -0.2) is 0 Å². The van der Waals surface area contributed by atoms with E-state index in [4.69, 9.17) is 20.9 Å². The molecule has 16 heteroatoms. The number of nitrogen functional groups attached to an aromatic ring is 2. The molecule has 0 heterocycles. The molecule has 3 aromatic rings. The van der Waals surface area contributed by atoms with Crippen molar-refractivity contribution in [2.24, 2.45) is 20.5 Å². The summed E-state index contributed by atoms with van der Waals surface area (Å²) in [6.07, 6.45) is 0. The number of hydrogen-bond donors (Lipinski definition) is 4. The number of ether oxygens (including phenoxy) is 2. The van der Waals surface area contributed by atoms with Gasteiger partial charge in [0, 0.05) is 6.07 Å². The molecule has 3 rings (SSSR count). The second kappa shape index (κ2) is 10.5. The number of hydrogen-bond acceptors (Lipinski definition) is 12. The molecule has 0 atom stereocenters. The molecular formula is C21H22N6O8S2. The molecule has 0 aliphatic carbocycles. The van der Waals surface area contributed by atoms with Crippen molar-refractivity contribution in [1.82, 2.24) is 0 Å². The Bertz CT molecular complexity index is 1640. The van der Waals surface area contributed by atoms with E-state index in [-0.39, 0.29) is 34.2 Å². The Morgan fingerprint density at radius 2 is 1.24 bits per heavy atom. The Kier molecular flexibility index (Phi) is 7.77. The molecule has 0 aliphatic rings. The smallest absolute Gasteiger partial charge is 0.296 e. The van der Waals surface area contributed by atoms with Crippen LogP contribution in [0.1, 0.15) is 5.56 Å². The van der Waals surface area contributed by atoms with Gasteiger partial charge in [-0.2, -0.15) is 16.8 Å². The first-order valence-electron chi connectivity index (χ1n) is 10.1. The molecular weight excluding hydrogens is 528 g/mol. The van der Waals surface area contributed by atoms with Gasteiger partial charge in [0.2, 0.25) is 0 Å². The predicted molar refractivity (Wildman–Crippen MR) is 134 cm³/mol. The first-order valence-corrected chi connectivity index (χ1v) is 13.0. The molecule has 0 fully saturated rings. The van der Waals surface area contributed by atoms with Gasteiger partial charge in [0.15, 0.2) is 0 Å². The van der Waals surface area contributed by atoms with Crippen molar-refractivity contribution in [3.63, 3.8) is 0 Å². The maximum Gasteiger partial charge on any atom is 0.296 e. The SMILES string of the molecule is COc1cc(S(=O)(=O)O)ccc1N=Nc1cc(S(=O)(=O)O)c(N)c(N=Nc2ccc(C)cc2OC)c1N. The fourth-order valence-corrected chi connectivity index (χ4v) is 4.18. The van der Waals surface area contributed by atoms with Gasteiger partial charge in [0.25, 0.3) is 20.2 Å². The van der Waals surface area contributed by atoms with Crippen LogP contribution in [0.25, 0.3) is 0 Å². The third kappa shape index (κ3) is 6.18. The Morgan fingerprint density at radius 3 is 1.81 bits per heavy atom. The monoisotopic (exact) mass is 550 g/mol. The largest absolute Gasteiger partial charge is 0.494 e. The standard InChI is InChI=1S/C21H22N6O8S2/c1-11-4-6-13(16(8-11)34-2)25-27-21-19(22)15(10-18(20(21)23)37(31,32)33)26-24-14-7-5-12(36(28,29)30)9-17(14)35-3/h4-10H,22-23H2,1-3H3,(H,28,29,30)(H,31,32,33). The lowest BCUT2D eigenvalue weighted by Crippen LogP contribution is -2.05. The molecule has 3 aromatic carbocycles. The minimum Gasteiger partial charge on any atom is -0.494 e. The highest BCUT2D eigenvalue weighted by Crippen LogP contribution is 2.44. The zero-order valence-corrected chi connectivity index (χ0v) is 21.3. The van der Waals surface area contributed by atoms with Gasteiger partial charge in [-0.3, -0.25) is 9.11 Å². The third-order valence-electron chi connectivity index (χ3n) is 4.90. The number of methoxy groups -OCH3 is 2. The van der Waals surface area contributed by atoms with E-state index in [0.717, 1.165) is 23.8 Å². The van der Waals surface area contributed by atoms with E-state index in [2.05, 4.69) is 20.5 Å². The van der Waals surface area contributed by atoms with Gasteiger partial charge in [0.1, 0.15) is 39.1 Å². The molecule has 0 radical (unpaired) electrons. The number of benzene rings is 3. The van der Waals surface area contributed by atoms with Crippen LogP contribution in [0.2, 0.25) is 0 Å². The molecule has 0 saturated carbocycles. The molecule has 0 bridgehead atoms. The summed E-state index contributed by atoms with van der Waals surface area (Å²) in [6, 6.07) is 9.19. The Labute approximate surface area is 212 Å². The van der Waals surface area contributed by atoms with Crippen molar-refractivity contribution < 1.29 is 35.4 Å². The van der Waals surface area contributed by atoms with Gasteiger partial charge in [-0.15, -0.1) is 20.5 Å². The van der Waals surface area contributed by atoms with Crippen LogP contribution >= 0.6 is 0 Å². The summed E-state index contributed by atoms with van der Waals surface area (Å²) in [5.74, 6) is 0.307. The lowest BCUT2D eigenvalue weighted by molar-refractivity contribution is 0.413. The fourth-order valence-electron chi connectivity index (χ4n) is 3.05. The van der Waals surface area contributed by atoms with E-state index < -0.39 is 35.7 Å². The van der Waals surface area contributed by atoms with Crippen LogP contribution in [0.3, 0.4) is 0 Å². The molecule has 37 heavy (non-hydrogen) atoms. The summed E-state index contributed by atoms with van der Waals surface area (Å²) in [6.45, 7) is 1.84. The molecule has 0 amide bonds. The summed E-state index contributed by atoms with van der Waals surface area (Å²) in [5, 5.41) is 15.8. The summed E-state index contributed by atoms with van der Waals surface area (Å²) >= 11 is 0. The van der Waals surface area contributed by atoms with Crippen LogP contribution in [0.5, 0.6) is 11.5 Å². The first-order chi connectivity index (χ1) is 17.3. The first kappa shape index (κ1) is 27.5. The molecule has 14 nitrogen and oxygen atoms in total. The van der Waals surface area contributed by atoms with E-state index in [1.165, 1.54) is 20.3 Å². The zero-order valence-electron chi connectivity index (χ0n) is 19.6. The lowest BCUT2D eigenvalue weighted by Gasteiger charge is -2.11. The van der Waals surface area contributed by atoms with Crippen molar-refractivity contribution in [3.05, 3.63) is 48.0 Å². The van der Waals surface area contributed by atoms with Gasteiger partial charge in [0.05, 0.1) is 30.5 Å². The normalized spacial score (nSPS) is 12.4. The van der Waals surface area contributed by atoms with Crippen LogP contribution in [0.4, 0.5) is 34.1 Å². The molecule has 196 valence electrons. The van der Waals surface area contributed by atoms with E-state index in [0.29, 0.717) is 5.75 Å². The quantitative estimate of drug-likeness (QED) is 0.174. The maximum atomic E-state index is 12.0. The van der Waals surface area contributed by atoms with Gasteiger partial charge in [-0.1, -0.05) is 6.07 Å². The number of azo groups is 2. The van der Waals surface area contributed by atoms with E-state index >= 15 is 0 Å². The maximum absolute atomic E-state index is 12.0. The Morgan fingerprint density at radius 1 is 0.703 bits per heavy atom. The minimum absolute atomic E-state index is 0.00657. The Hall–Kier alpha value is -4.12. The van der Waals surface area contributed by atoms with Crippen LogP contribution in [0, 0.1) is 6.92 Å². The van der Waals surface area contributed by atoms with E-state index in [1.807, 2.05) is 6.92 Å². The molecule has 0 unspecified atom stereocenters. The minimum atomic E-state index is -4.84. The van der Waals surface area contributed by atoms with E-state index in [9.17, 15) is 25.9 Å². The average Bonchev–Trinajstić information content (AvgIpc) is 2.82. The van der Waals surface area contributed by atoms with Crippen molar-refractivity contribution in [1.29, 1.82) is 0 Å². The van der Waals surface area contributed by atoms with Crippen molar-refractivity contribution in [3.8, 4) is 11.5 Å². The highest BCUT2D eigenvalue weighted by Gasteiger charge is 2.23. The molecule has 0 spiro atoms. The molecule has 6 N–H and O–H groups in total. The van der Waals surface area contributed by atoms with Crippen molar-refractivity contribution in [2.75, 3.05) is 25.7 Å². The number of anilines is 2. The van der Waals surface area contributed by atoms with Crippen LogP contribution in [-0.4, -0.2) is 40.2 Å². The second-order valence-electron chi connectivity index (χ2n) is 7.43. The lowest BCUT2D eigenvalue weighted by atomic mass is 10.2. The summed E-state index contributed by atoms with van der Waals surface area (Å²) < 4.78 is 75.9. The predicted octanol–water partition coefficient (Wildman–Crippen LogP) is 4.50.